The SMILES string of the molecule is CCC1CCCCN1C(=O)C1CC(=O)N(c2c(C)cc(C)cc2Cl)C1. The van der Waals surface area contributed by atoms with Crippen LogP contribution in [0, 0.1) is 19.8 Å². The zero-order valence-corrected chi connectivity index (χ0v) is 16.1. The van der Waals surface area contributed by atoms with Gasteiger partial charge in [0.2, 0.25) is 11.8 Å². The third-order valence-corrected chi connectivity index (χ3v) is 5.81. The summed E-state index contributed by atoms with van der Waals surface area (Å²) in [6.45, 7) is 7.36. The Morgan fingerprint density at radius 3 is 2.72 bits per heavy atom. The summed E-state index contributed by atoms with van der Waals surface area (Å²) in [6.07, 6.45) is 4.61. The fourth-order valence-corrected chi connectivity index (χ4v) is 4.71. The number of carbonyl (C=O) groups is 2. The Morgan fingerprint density at radius 1 is 1.28 bits per heavy atom. The first kappa shape index (κ1) is 18.2. The number of likely N-dealkylation sites (tertiary alicyclic amines) is 1. The van der Waals surface area contributed by atoms with Gasteiger partial charge in [0.25, 0.3) is 0 Å². The normalized spacial score (nSPS) is 24.1. The molecule has 2 aliphatic heterocycles. The molecule has 2 fully saturated rings. The molecule has 0 saturated carbocycles. The maximum Gasteiger partial charge on any atom is 0.228 e. The highest BCUT2D eigenvalue weighted by Gasteiger charge is 2.40. The number of benzene rings is 1. The fraction of sp³-hybridized carbons (Fsp3) is 0.600. The molecule has 4 nitrogen and oxygen atoms in total. The molecule has 2 atom stereocenters. The minimum absolute atomic E-state index is 0.00254. The van der Waals surface area contributed by atoms with Gasteiger partial charge in [-0.15, -0.1) is 0 Å². The molecule has 2 heterocycles. The maximum absolute atomic E-state index is 13.0. The average molecular weight is 363 g/mol. The monoisotopic (exact) mass is 362 g/mol. The Bertz CT molecular complexity index is 665. The van der Waals surface area contributed by atoms with Crippen molar-refractivity contribution in [3.05, 3.63) is 28.3 Å². The second-order valence-electron chi connectivity index (χ2n) is 7.41. The van der Waals surface area contributed by atoms with Gasteiger partial charge in [0.15, 0.2) is 0 Å². The highest BCUT2D eigenvalue weighted by Crippen LogP contribution is 2.36. The minimum Gasteiger partial charge on any atom is -0.339 e. The lowest BCUT2D eigenvalue weighted by atomic mass is 9.97. The quantitative estimate of drug-likeness (QED) is 0.812. The van der Waals surface area contributed by atoms with Crippen molar-refractivity contribution in [2.75, 3.05) is 18.0 Å². The number of piperidine rings is 1. The summed E-state index contributed by atoms with van der Waals surface area (Å²) in [5.41, 5.74) is 2.82. The van der Waals surface area contributed by atoms with Crippen molar-refractivity contribution in [1.29, 1.82) is 0 Å². The van der Waals surface area contributed by atoms with E-state index >= 15 is 0 Å². The van der Waals surface area contributed by atoms with Crippen molar-refractivity contribution in [2.45, 2.75) is 58.9 Å². The zero-order valence-electron chi connectivity index (χ0n) is 15.3. The molecule has 0 aromatic heterocycles. The molecule has 2 unspecified atom stereocenters. The molecular weight excluding hydrogens is 336 g/mol. The summed E-state index contributed by atoms with van der Waals surface area (Å²) >= 11 is 6.41. The van der Waals surface area contributed by atoms with Crippen LogP contribution in [0.4, 0.5) is 5.69 Å². The van der Waals surface area contributed by atoms with E-state index in [4.69, 9.17) is 11.6 Å². The van der Waals surface area contributed by atoms with Gasteiger partial charge in [0.05, 0.1) is 16.6 Å². The fourth-order valence-electron chi connectivity index (χ4n) is 4.29. The number of amides is 2. The molecule has 2 amide bonds. The third kappa shape index (κ3) is 3.55. The second kappa shape index (κ2) is 7.36. The number of rotatable bonds is 3. The van der Waals surface area contributed by atoms with Crippen LogP contribution in [0.1, 0.15) is 50.2 Å². The van der Waals surface area contributed by atoms with Gasteiger partial charge < -0.3 is 9.80 Å². The summed E-state index contributed by atoms with van der Waals surface area (Å²) in [5, 5.41) is 0.586. The summed E-state index contributed by atoms with van der Waals surface area (Å²) in [4.78, 5) is 29.4. The van der Waals surface area contributed by atoms with Crippen LogP contribution < -0.4 is 4.90 Å². The molecule has 0 N–H and O–H groups in total. The Morgan fingerprint density at radius 2 is 2.04 bits per heavy atom. The first-order valence-electron chi connectivity index (χ1n) is 9.30. The van der Waals surface area contributed by atoms with E-state index in [-0.39, 0.29) is 24.2 Å². The second-order valence-corrected chi connectivity index (χ2v) is 7.81. The maximum atomic E-state index is 13.0. The van der Waals surface area contributed by atoms with Crippen molar-refractivity contribution in [1.82, 2.24) is 4.90 Å². The van der Waals surface area contributed by atoms with E-state index in [1.54, 1.807) is 4.90 Å². The van der Waals surface area contributed by atoms with Crippen LogP contribution in [0.5, 0.6) is 0 Å². The lowest BCUT2D eigenvalue weighted by molar-refractivity contribution is -0.139. The summed E-state index contributed by atoms with van der Waals surface area (Å²) < 4.78 is 0. The molecule has 2 saturated heterocycles. The van der Waals surface area contributed by atoms with Gasteiger partial charge in [-0.3, -0.25) is 9.59 Å². The predicted octanol–water partition coefficient (Wildman–Crippen LogP) is 4.10. The Hall–Kier alpha value is -1.55. The smallest absolute Gasteiger partial charge is 0.228 e. The molecule has 5 heteroatoms. The van der Waals surface area contributed by atoms with Gasteiger partial charge >= 0.3 is 0 Å². The van der Waals surface area contributed by atoms with Crippen LogP contribution >= 0.6 is 11.6 Å². The molecule has 0 radical (unpaired) electrons. The number of carbonyl (C=O) groups excluding carboxylic acids is 2. The lowest BCUT2D eigenvalue weighted by Gasteiger charge is -2.36. The largest absolute Gasteiger partial charge is 0.339 e. The van der Waals surface area contributed by atoms with Gasteiger partial charge in [0.1, 0.15) is 0 Å². The zero-order chi connectivity index (χ0) is 18.1. The molecule has 3 rings (SSSR count). The van der Waals surface area contributed by atoms with E-state index in [1.165, 1.54) is 6.42 Å². The van der Waals surface area contributed by atoms with Crippen molar-refractivity contribution in [3.63, 3.8) is 0 Å². The van der Waals surface area contributed by atoms with Gasteiger partial charge in [-0.25, -0.2) is 0 Å². The third-order valence-electron chi connectivity index (χ3n) is 5.52. The standard InChI is InChI=1S/C20H27ClN2O2/c1-4-16-7-5-6-8-22(16)20(25)15-11-18(24)23(12-15)19-14(3)9-13(2)10-17(19)21/h9-10,15-16H,4-8,11-12H2,1-3H3. The molecule has 2 aliphatic rings. The summed E-state index contributed by atoms with van der Waals surface area (Å²) in [5.74, 6) is -0.114. The first-order valence-corrected chi connectivity index (χ1v) is 9.67. The number of anilines is 1. The van der Waals surface area contributed by atoms with Crippen molar-refractivity contribution in [2.24, 2.45) is 5.92 Å². The van der Waals surface area contributed by atoms with Crippen LogP contribution in [-0.4, -0.2) is 35.8 Å². The molecule has 0 spiro atoms. The Balaban J connectivity index is 1.80. The van der Waals surface area contributed by atoms with Crippen LogP contribution in [0.15, 0.2) is 12.1 Å². The average Bonchev–Trinajstić information content (AvgIpc) is 2.95. The van der Waals surface area contributed by atoms with Crippen molar-refractivity contribution in [3.8, 4) is 0 Å². The van der Waals surface area contributed by atoms with E-state index in [1.807, 2.05) is 30.9 Å². The van der Waals surface area contributed by atoms with Crippen LogP contribution in [0.2, 0.25) is 5.02 Å². The molecular formula is C20H27ClN2O2. The van der Waals surface area contributed by atoms with Gasteiger partial charge in [0, 0.05) is 25.6 Å². The molecule has 1 aromatic carbocycles. The van der Waals surface area contributed by atoms with Gasteiger partial charge in [-0.2, -0.15) is 0 Å². The van der Waals surface area contributed by atoms with Crippen LogP contribution in [0.25, 0.3) is 0 Å². The van der Waals surface area contributed by atoms with Crippen molar-refractivity contribution >= 4 is 29.1 Å². The highest BCUT2D eigenvalue weighted by atomic mass is 35.5. The van der Waals surface area contributed by atoms with E-state index in [2.05, 4.69) is 6.92 Å². The topological polar surface area (TPSA) is 40.6 Å². The van der Waals surface area contributed by atoms with E-state index in [0.717, 1.165) is 42.6 Å². The van der Waals surface area contributed by atoms with E-state index in [0.29, 0.717) is 17.6 Å². The number of hydrogen-bond donors (Lipinski definition) is 0. The van der Waals surface area contributed by atoms with Crippen molar-refractivity contribution < 1.29 is 9.59 Å². The first-order chi connectivity index (χ1) is 11.9. The Kier molecular flexibility index (Phi) is 5.38. The van der Waals surface area contributed by atoms with E-state index in [9.17, 15) is 9.59 Å². The van der Waals surface area contributed by atoms with E-state index < -0.39 is 0 Å². The predicted molar refractivity (Wildman–Crippen MR) is 101 cm³/mol. The minimum atomic E-state index is -0.253. The number of aryl methyl sites for hydroxylation is 2. The molecule has 136 valence electrons. The van der Waals surface area contributed by atoms with Gasteiger partial charge in [-0.05, 0) is 56.7 Å². The molecule has 1 aromatic rings. The number of halogens is 1. The van der Waals surface area contributed by atoms with Crippen LogP contribution in [0.3, 0.4) is 0 Å². The van der Waals surface area contributed by atoms with Crippen LogP contribution in [-0.2, 0) is 9.59 Å². The number of nitrogens with zero attached hydrogens (tertiary/aromatic N) is 2. The molecule has 0 aliphatic carbocycles. The summed E-state index contributed by atoms with van der Waals surface area (Å²) in [7, 11) is 0. The lowest BCUT2D eigenvalue weighted by Crippen LogP contribution is -2.46. The summed E-state index contributed by atoms with van der Waals surface area (Å²) in [6, 6.07) is 4.24. The number of hydrogen-bond acceptors (Lipinski definition) is 2. The Labute approximate surface area is 155 Å². The molecule has 0 bridgehead atoms. The highest BCUT2D eigenvalue weighted by molar-refractivity contribution is 6.34. The molecule has 25 heavy (non-hydrogen) atoms. The van der Waals surface area contributed by atoms with Gasteiger partial charge in [-0.1, -0.05) is 24.6 Å².